The number of rotatable bonds is 6. The molecule has 110 valence electrons. The first kappa shape index (κ1) is 15.7. The van der Waals surface area contributed by atoms with Crippen molar-refractivity contribution in [1.29, 1.82) is 0 Å². The normalized spacial score (nSPS) is 14.6. The molecule has 2 rings (SSSR count). The predicted octanol–water partition coefficient (Wildman–Crippen LogP) is 2.51. The second-order valence-electron chi connectivity index (χ2n) is 4.62. The first-order valence-corrected chi connectivity index (χ1v) is 8.42. The van der Waals surface area contributed by atoms with Crippen LogP contribution in [0, 0.1) is 0 Å². The highest BCUT2D eigenvalue weighted by Gasteiger charge is 2.18. The largest absolute Gasteiger partial charge is 0.493 e. The number of thioether (sulfide) groups is 1. The lowest BCUT2D eigenvalue weighted by molar-refractivity contribution is -0.142. The minimum atomic E-state index is -0.531. The van der Waals surface area contributed by atoms with E-state index in [0.717, 1.165) is 34.8 Å². The molecule has 6 heteroatoms. The van der Waals surface area contributed by atoms with Crippen LogP contribution in [0.4, 0.5) is 0 Å². The van der Waals surface area contributed by atoms with E-state index in [1.165, 1.54) is 18.2 Å². The first-order chi connectivity index (χ1) is 9.61. The Morgan fingerprint density at radius 2 is 2.40 bits per heavy atom. The van der Waals surface area contributed by atoms with Crippen LogP contribution in [0.1, 0.15) is 17.5 Å². The Hall–Kier alpha value is -0.720. The molecule has 0 saturated heterocycles. The molecular weight excluding hydrogens is 342 g/mol. The SMILES string of the molecule is COC(=O)C(N)CCSCc1cc(Br)cc2c1OCC2. The Morgan fingerprint density at radius 1 is 1.60 bits per heavy atom. The van der Waals surface area contributed by atoms with Crippen molar-refractivity contribution in [2.45, 2.75) is 24.6 Å². The van der Waals surface area contributed by atoms with Crippen LogP contribution in [-0.2, 0) is 21.7 Å². The van der Waals surface area contributed by atoms with Crippen LogP contribution in [0.5, 0.6) is 5.75 Å². The van der Waals surface area contributed by atoms with Gasteiger partial charge in [-0.05, 0) is 29.9 Å². The molecule has 20 heavy (non-hydrogen) atoms. The summed E-state index contributed by atoms with van der Waals surface area (Å²) in [6, 6.07) is 3.68. The molecule has 1 heterocycles. The van der Waals surface area contributed by atoms with Crippen molar-refractivity contribution in [3.05, 3.63) is 27.7 Å². The van der Waals surface area contributed by atoms with E-state index in [-0.39, 0.29) is 5.97 Å². The summed E-state index contributed by atoms with van der Waals surface area (Å²) in [5.74, 6) is 2.35. The number of carbonyl (C=O) groups excluding carboxylic acids is 1. The van der Waals surface area contributed by atoms with E-state index in [2.05, 4.69) is 32.8 Å². The molecule has 0 aromatic heterocycles. The minimum Gasteiger partial charge on any atom is -0.493 e. The molecule has 0 bridgehead atoms. The number of nitrogens with two attached hydrogens (primary N) is 1. The van der Waals surface area contributed by atoms with E-state index in [1.807, 2.05) is 0 Å². The second kappa shape index (κ2) is 7.33. The zero-order valence-corrected chi connectivity index (χ0v) is 13.8. The molecule has 0 aliphatic carbocycles. The number of benzene rings is 1. The lowest BCUT2D eigenvalue weighted by Crippen LogP contribution is -2.31. The third-order valence-electron chi connectivity index (χ3n) is 3.16. The van der Waals surface area contributed by atoms with Gasteiger partial charge in [-0.2, -0.15) is 11.8 Å². The molecule has 1 aromatic rings. The van der Waals surface area contributed by atoms with E-state index in [1.54, 1.807) is 11.8 Å². The van der Waals surface area contributed by atoms with Crippen LogP contribution in [0.25, 0.3) is 0 Å². The molecule has 2 N–H and O–H groups in total. The first-order valence-electron chi connectivity index (χ1n) is 6.47. The average molecular weight is 360 g/mol. The standard InChI is InChI=1S/C14H18BrNO3S/c1-18-14(17)12(16)3-5-20-8-10-7-11(15)6-9-2-4-19-13(9)10/h6-7,12H,2-5,8,16H2,1H3. The van der Waals surface area contributed by atoms with Crippen molar-refractivity contribution >= 4 is 33.7 Å². The minimum absolute atomic E-state index is 0.350. The van der Waals surface area contributed by atoms with Gasteiger partial charge in [0.15, 0.2) is 0 Å². The van der Waals surface area contributed by atoms with Gasteiger partial charge in [-0.25, -0.2) is 0 Å². The summed E-state index contributed by atoms with van der Waals surface area (Å²) in [6.45, 7) is 0.761. The zero-order valence-electron chi connectivity index (χ0n) is 11.4. The zero-order chi connectivity index (χ0) is 14.5. The number of ether oxygens (including phenoxy) is 2. The summed E-state index contributed by atoms with van der Waals surface area (Å²) < 4.78 is 11.4. The maximum atomic E-state index is 11.2. The van der Waals surface area contributed by atoms with Gasteiger partial charge >= 0.3 is 5.97 Å². The Balaban J connectivity index is 1.85. The highest BCUT2D eigenvalue weighted by atomic mass is 79.9. The number of hydrogen-bond acceptors (Lipinski definition) is 5. The van der Waals surface area contributed by atoms with Gasteiger partial charge in [-0.3, -0.25) is 4.79 Å². The highest BCUT2D eigenvalue weighted by Crippen LogP contribution is 2.35. The van der Waals surface area contributed by atoms with Crippen LogP contribution in [-0.4, -0.2) is 31.5 Å². The van der Waals surface area contributed by atoms with Crippen molar-refractivity contribution in [2.75, 3.05) is 19.5 Å². The van der Waals surface area contributed by atoms with Crippen LogP contribution < -0.4 is 10.5 Å². The smallest absolute Gasteiger partial charge is 0.322 e. The summed E-state index contributed by atoms with van der Waals surface area (Å²) in [5.41, 5.74) is 8.16. The summed E-state index contributed by atoms with van der Waals surface area (Å²) >= 11 is 5.28. The molecule has 1 aromatic carbocycles. The fourth-order valence-electron chi connectivity index (χ4n) is 2.11. The van der Waals surface area contributed by atoms with E-state index in [0.29, 0.717) is 6.42 Å². The molecule has 1 aliphatic heterocycles. The van der Waals surface area contributed by atoms with Gasteiger partial charge in [0, 0.05) is 22.2 Å². The number of carbonyl (C=O) groups is 1. The van der Waals surface area contributed by atoms with Crippen molar-refractivity contribution in [3.63, 3.8) is 0 Å². The van der Waals surface area contributed by atoms with E-state index in [4.69, 9.17) is 10.5 Å². The molecule has 0 saturated carbocycles. The van der Waals surface area contributed by atoms with Crippen LogP contribution in [0.3, 0.4) is 0 Å². The number of methoxy groups -OCH3 is 1. The molecule has 0 radical (unpaired) electrons. The summed E-state index contributed by atoms with van der Waals surface area (Å²) in [6.07, 6.45) is 1.59. The van der Waals surface area contributed by atoms with Gasteiger partial charge in [-0.1, -0.05) is 15.9 Å². The van der Waals surface area contributed by atoms with Gasteiger partial charge < -0.3 is 15.2 Å². The van der Waals surface area contributed by atoms with Crippen molar-refractivity contribution < 1.29 is 14.3 Å². The van der Waals surface area contributed by atoms with Gasteiger partial charge in [0.2, 0.25) is 0 Å². The quantitative estimate of drug-likeness (QED) is 0.624. The van der Waals surface area contributed by atoms with Gasteiger partial charge in [0.25, 0.3) is 0 Å². The van der Waals surface area contributed by atoms with Crippen molar-refractivity contribution in [1.82, 2.24) is 0 Å². The Labute approximate surface area is 131 Å². The average Bonchev–Trinajstić information content (AvgIpc) is 2.90. The second-order valence-corrected chi connectivity index (χ2v) is 6.64. The summed E-state index contributed by atoms with van der Waals surface area (Å²) in [7, 11) is 1.36. The monoisotopic (exact) mass is 359 g/mol. The lowest BCUT2D eigenvalue weighted by atomic mass is 10.1. The third-order valence-corrected chi connectivity index (χ3v) is 4.66. The number of fused-ring (bicyclic) bond motifs is 1. The molecular formula is C14H18BrNO3S. The third kappa shape index (κ3) is 3.90. The Morgan fingerprint density at radius 3 is 3.15 bits per heavy atom. The van der Waals surface area contributed by atoms with Crippen molar-refractivity contribution in [3.8, 4) is 5.75 Å². The van der Waals surface area contributed by atoms with Crippen molar-refractivity contribution in [2.24, 2.45) is 5.73 Å². The maximum Gasteiger partial charge on any atom is 0.322 e. The summed E-state index contributed by atoms with van der Waals surface area (Å²) in [5, 5.41) is 0. The molecule has 0 spiro atoms. The molecule has 4 nitrogen and oxygen atoms in total. The molecule has 1 unspecified atom stereocenters. The highest BCUT2D eigenvalue weighted by molar-refractivity contribution is 9.10. The molecule has 1 aliphatic rings. The Bertz CT molecular complexity index is 496. The van der Waals surface area contributed by atoms with Crippen LogP contribution in [0.2, 0.25) is 0 Å². The fourth-order valence-corrected chi connectivity index (χ4v) is 3.67. The van der Waals surface area contributed by atoms with Crippen LogP contribution in [0.15, 0.2) is 16.6 Å². The van der Waals surface area contributed by atoms with Gasteiger partial charge in [-0.15, -0.1) is 0 Å². The fraction of sp³-hybridized carbons (Fsp3) is 0.500. The molecule has 1 atom stereocenters. The number of hydrogen-bond donors (Lipinski definition) is 1. The van der Waals surface area contributed by atoms with Gasteiger partial charge in [0.05, 0.1) is 13.7 Å². The topological polar surface area (TPSA) is 61.5 Å². The molecule has 0 fully saturated rings. The van der Waals surface area contributed by atoms with E-state index in [9.17, 15) is 4.79 Å². The maximum absolute atomic E-state index is 11.2. The number of halogens is 1. The van der Waals surface area contributed by atoms with E-state index < -0.39 is 6.04 Å². The lowest BCUT2D eigenvalue weighted by Gasteiger charge is -2.11. The van der Waals surface area contributed by atoms with E-state index >= 15 is 0 Å². The van der Waals surface area contributed by atoms with Crippen LogP contribution >= 0.6 is 27.7 Å². The summed E-state index contributed by atoms with van der Waals surface area (Å²) in [4.78, 5) is 11.2. The van der Waals surface area contributed by atoms with Gasteiger partial charge in [0.1, 0.15) is 11.8 Å². The molecule has 0 amide bonds. The number of esters is 1. The Kier molecular flexibility index (Phi) is 5.74. The predicted molar refractivity (Wildman–Crippen MR) is 84.1 cm³/mol.